The monoisotopic (exact) mass is 307 g/mol. The summed E-state index contributed by atoms with van der Waals surface area (Å²) >= 11 is 2.34. The van der Waals surface area contributed by atoms with Gasteiger partial charge in [-0.1, -0.05) is 26.8 Å². The molecule has 1 rings (SSSR count). The molecule has 0 bridgehead atoms. The first-order valence-electron chi connectivity index (χ1n) is 5.01. The lowest BCUT2D eigenvalue weighted by Gasteiger charge is -2.28. The highest BCUT2D eigenvalue weighted by atomic mass is 127. The number of hydrogen-bond acceptors (Lipinski definition) is 1. The van der Waals surface area contributed by atoms with Crippen molar-refractivity contribution in [1.82, 2.24) is 4.90 Å². The van der Waals surface area contributed by atoms with Crippen LogP contribution in [0.3, 0.4) is 0 Å². The number of carbonyl (C=O) groups is 1. The maximum atomic E-state index is 11.8. The van der Waals surface area contributed by atoms with Gasteiger partial charge in [-0.05, 0) is 38.0 Å². The normalized spacial score (nSPS) is 18.0. The van der Waals surface area contributed by atoms with Crippen LogP contribution in [0.15, 0.2) is 9.66 Å². The lowest BCUT2D eigenvalue weighted by molar-refractivity contribution is -0.132. The molecule has 1 aliphatic rings. The molecule has 2 nitrogen and oxygen atoms in total. The number of halogens is 1. The van der Waals surface area contributed by atoms with E-state index in [1.54, 1.807) is 0 Å². The van der Waals surface area contributed by atoms with E-state index in [1.165, 1.54) is 3.58 Å². The maximum Gasteiger partial charge on any atom is 0.223 e. The van der Waals surface area contributed by atoms with Gasteiger partial charge in [0.1, 0.15) is 0 Å². The Morgan fingerprint density at radius 3 is 2.64 bits per heavy atom. The molecule has 3 heteroatoms. The van der Waals surface area contributed by atoms with Crippen molar-refractivity contribution in [3.63, 3.8) is 0 Å². The first-order chi connectivity index (χ1) is 6.38. The molecule has 0 radical (unpaired) electrons. The van der Waals surface area contributed by atoms with E-state index in [0.29, 0.717) is 6.42 Å². The third-order valence-electron chi connectivity index (χ3n) is 2.19. The molecule has 0 saturated heterocycles. The van der Waals surface area contributed by atoms with Crippen LogP contribution >= 0.6 is 22.6 Å². The quantitative estimate of drug-likeness (QED) is 0.682. The Kier molecular flexibility index (Phi) is 3.98. The van der Waals surface area contributed by atoms with Gasteiger partial charge in [0.25, 0.3) is 0 Å². The Morgan fingerprint density at radius 1 is 1.57 bits per heavy atom. The molecule has 80 valence electrons. The molecule has 0 fully saturated rings. The second kappa shape index (κ2) is 4.64. The van der Waals surface area contributed by atoms with E-state index in [-0.39, 0.29) is 11.3 Å². The summed E-state index contributed by atoms with van der Waals surface area (Å²) in [6.45, 7) is 8.01. The molecule has 0 aromatic carbocycles. The van der Waals surface area contributed by atoms with Crippen LogP contribution in [-0.4, -0.2) is 23.9 Å². The summed E-state index contributed by atoms with van der Waals surface area (Å²) in [5, 5.41) is 0. The van der Waals surface area contributed by atoms with Crippen molar-refractivity contribution in [1.29, 1.82) is 0 Å². The van der Waals surface area contributed by atoms with Crippen LogP contribution in [0.2, 0.25) is 0 Å². The number of rotatable bonds is 1. The van der Waals surface area contributed by atoms with Gasteiger partial charge in [0.2, 0.25) is 5.91 Å². The molecule has 14 heavy (non-hydrogen) atoms. The van der Waals surface area contributed by atoms with Crippen molar-refractivity contribution in [2.75, 3.05) is 13.1 Å². The van der Waals surface area contributed by atoms with Crippen LogP contribution in [-0.2, 0) is 4.79 Å². The van der Waals surface area contributed by atoms with Crippen molar-refractivity contribution in [2.24, 2.45) is 5.41 Å². The summed E-state index contributed by atoms with van der Waals surface area (Å²) in [5.74, 6) is 0.289. The van der Waals surface area contributed by atoms with Crippen LogP contribution in [0.25, 0.3) is 0 Å². The van der Waals surface area contributed by atoms with E-state index in [4.69, 9.17) is 0 Å². The summed E-state index contributed by atoms with van der Waals surface area (Å²) in [5.41, 5.74) is 0.103. The Balaban J connectivity index is 2.47. The Labute approximate surface area is 99.9 Å². The molecule has 0 unspecified atom stereocenters. The van der Waals surface area contributed by atoms with Crippen LogP contribution in [0, 0.1) is 5.41 Å². The largest absolute Gasteiger partial charge is 0.339 e. The van der Waals surface area contributed by atoms with E-state index in [0.717, 1.165) is 19.5 Å². The molecule has 0 aromatic heterocycles. The molecular formula is C11H18INO. The standard InChI is InChI=1S/C11H18INO/c1-11(2,3)8-10(14)13-6-4-9(12)5-7-13/h4H,5-8H2,1-3H3. The predicted octanol–water partition coefficient (Wildman–Crippen LogP) is 2.97. The van der Waals surface area contributed by atoms with Gasteiger partial charge in [-0.25, -0.2) is 0 Å². The highest BCUT2D eigenvalue weighted by Gasteiger charge is 2.21. The molecule has 0 atom stereocenters. The zero-order valence-electron chi connectivity index (χ0n) is 9.14. The Morgan fingerprint density at radius 2 is 2.21 bits per heavy atom. The summed E-state index contributed by atoms with van der Waals surface area (Å²) in [6, 6.07) is 0. The van der Waals surface area contributed by atoms with Gasteiger partial charge in [0, 0.05) is 19.5 Å². The summed E-state index contributed by atoms with van der Waals surface area (Å²) in [7, 11) is 0. The molecule has 1 aliphatic heterocycles. The SMILES string of the molecule is CC(C)(C)CC(=O)N1CC=C(I)CC1. The van der Waals surface area contributed by atoms with E-state index in [2.05, 4.69) is 49.4 Å². The third kappa shape index (κ3) is 3.98. The van der Waals surface area contributed by atoms with Gasteiger partial charge in [-0.15, -0.1) is 0 Å². The zero-order chi connectivity index (χ0) is 10.8. The topological polar surface area (TPSA) is 20.3 Å². The fraction of sp³-hybridized carbons (Fsp3) is 0.727. The third-order valence-corrected chi connectivity index (χ3v) is 3.17. The van der Waals surface area contributed by atoms with Crippen LogP contribution in [0.5, 0.6) is 0 Å². The van der Waals surface area contributed by atoms with Gasteiger partial charge < -0.3 is 4.90 Å². The highest BCUT2D eigenvalue weighted by Crippen LogP contribution is 2.22. The van der Waals surface area contributed by atoms with Crippen molar-refractivity contribution in [3.8, 4) is 0 Å². The van der Waals surface area contributed by atoms with Gasteiger partial charge in [-0.2, -0.15) is 0 Å². The molecule has 0 spiro atoms. The minimum Gasteiger partial charge on any atom is -0.339 e. The fourth-order valence-electron chi connectivity index (χ4n) is 1.44. The van der Waals surface area contributed by atoms with E-state index in [9.17, 15) is 4.79 Å². The minimum absolute atomic E-state index is 0.103. The predicted molar refractivity (Wildman–Crippen MR) is 67.4 cm³/mol. The van der Waals surface area contributed by atoms with E-state index < -0.39 is 0 Å². The van der Waals surface area contributed by atoms with Gasteiger partial charge in [-0.3, -0.25) is 4.79 Å². The fourth-order valence-corrected chi connectivity index (χ4v) is 1.87. The highest BCUT2D eigenvalue weighted by molar-refractivity contribution is 14.1. The average Bonchev–Trinajstić information content (AvgIpc) is 2.02. The van der Waals surface area contributed by atoms with Crippen LogP contribution in [0.1, 0.15) is 33.6 Å². The van der Waals surface area contributed by atoms with Gasteiger partial charge in [0.05, 0.1) is 0 Å². The molecular weight excluding hydrogens is 289 g/mol. The number of carbonyl (C=O) groups excluding carboxylic acids is 1. The lowest BCUT2D eigenvalue weighted by Crippen LogP contribution is -2.36. The first kappa shape index (κ1) is 12.0. The number of nitrogens with zero attached hydrogens (tertiary/aromatic N) is 1. The zero-order valence-corrected chi connectivity index (χ0v) is 11.3. The molecule has 1 amide bonds. The van der Waals surface area contributed by atoms with E-state index >= 15 is 0 Å². The van der Waals surface area contributed by atoms with E-state index in [1.807, 2.05) is 4.90 Å². The Hall–Kier alpha value is -0.0600. The lowest BCUT2D eigenvalue weighted by atomic mass is 9.91. The van der Waals surface area contributed by atoms with Crippen LogP contribution < -0.4 is 0 Å². The summed E-state index contributed by atoms with van der Waals surface area (Å²) < 4.78 is 1.38. The van der Waals surface area contributed by atoms with Crippen molar-refractivity contribution >= 4 is 28.5 Å². The molecule has 0 saturated carbocycles. The minimum atomic E-state index is 0.103. The number of amides is 1. The molecule has 1 heterocycles. The van der Waals surface area contributed by atoms with Crippen molar-refractivity contribution in [3.05, 3.63) is 9.66 Å². The maximum absolute atomic E-state index is 11.8. The second-order valence-electron chi connectivity index (χ2n) is 4.98. The summed E-state index contributed by atoms with van der Waals surface area (Å²) in [6.07, 6.45) is 3.82. The molecule has 0 N–H and O–H groups in total. The smallest absolute Gasteiger partial charge is 0.223 e. The molecule has 0 aliphatic carbocycles. The average molecular weight is 307 g/mol. The van der Waals surface area contributed by atoms with Crippen LogP contribution in [0.4, 0.5) is 0 Å². The molecule has 0 aromatic rings. The van der Waals surface area contributed by atoms with Crippen molar-refractivity contribution < 1.29 is 4.79 Å². The van der Waals surface area contributed by atoms with Crippen molar-refractivity contribution in [2.45, 2.75) is 33.6 Å². The van der Waals surface area contributed by atoms with Gasteiger partial charge >= 0.3 is 0 Å². The second-order valence-corrected chi connectivity index (χ2v) is 6.36. The van der Waals surface area contributed by atoms with Gasteiger partial charge in [0.15, 0.2) is 0 Å². The Bertz CT molecular complexity index is 253. The number of hydrogen-bond donors (Lipinski definition) is 0. The summed E-state index contributed by atoms with van der Waals surface area (Å²) in [4.78, 5) is 13.8. The first-order valence-corrected chi connectivity index (χ1v) is 6.09.